The van der Waals surface area contributed by atoms with Crippen LogP contribution in [0.4, 0.5) is 0 Å². The van der Waals surface area contributed by atoms with Crippen LogP contribution in [0.1, 0.15) is 48.1 Å². The van der Waals surface area contributed by atoms with Gasteiger partial charge in [0.1, 0.15) is 6.04 Å². The van der Waals surface area contributed by atoms with Gasteiger partial charge in [-0.1, -0.05) is 13.8 Å². The molecule has 112 valence electrons. The molecule has 0 aromatic carbocycles. The van der Waals surface area contributed by atoms with Crippen LogP contribution in [0.25, 0.3) is 0 Å². The molecule has 5 heteroatoms. The Labute approximate surface area is 125 Å². The zero-order valence-corrected chi connectivity index (χ0v) is 13.5. The number of hydrogen-bond acceptors (Lipinski definition) is 3. The molecule has 1 aromatic heterocycles. The summed E-state index contributed by atoms with van der Waals surface area (Å²) in [5.74, 6) is -0.130. The summed E-state index contributed by atoms with van der Waals surface area (Å²) in [6.07, 6.45) is 0.664. The fourth-order valence-electron chi connectivity index (χ4n) is 2.50. The zero-order valence-electron chi connectivity index (χ0n) is 12.7. The maximum absolute atomic E-state index is 12.0. The number of Topliss-reactive ketones (excluding diaryl/α,β-unsaturated/α-hetero) is 1. The van der Waals surface area contributed by atoms with Gasteiger partial charge in [-0.2, -0.15) is 0 Å². The fourth-order valence-corrected chi connectivity index (χ4v) is 2.64. The van der Waals surface area contributed by atoms with Crippen molar-refractivity contribution in [1.29, 1.82) is 0 Å². The Kier molecular flexibility index (Phi) is 5.81. The molecule has 1 aromatic rings. The number of methoxy groups -OCH3 is 1. The summed E-state index contributed by atoms with van der Waals surface area (Å²) in [6, 6.07) is 1.38. The van der Waals surface area contributed by atoms with Crippen LogP contribution < -0.4 is 0 Å². The number of ketones is 1. The van der Waals surface area contributed by atoms with Crippen LogP contribution in [0.3, 0.4) is 0 Å². The van der Waals surface area contributed by atoms with E-state index in [1.807, 2.05) is 18.4 Å². The van der Waals surface area contributed by atoms with Gasteiger partial charge in [0.2, 0.25) is 0 Å². The maximum Gasteiger partial charge on any atom is 0.328 e. The molecular formula is C15H22ClNO3. The van der Waals surface area contributed by atoms with E-state index in [1.165, 1.54) is 7.11 Å². The molecule has 0 radical (unpaired) electrons. The Morgan fingerprint density at radius 2 is 1.95 bits per heavy atom. The monoisotopic (exact) mass is 299 g/mol. The minimum absolute atomic E-state index is 0.0582. The van der Waals surface area contributed by atoms with E-state index in [0.717, 1.165) is 11.4 Å². The van der Waals surface area contributed by atoms with Crippen molar-refractivity contribution in [3.05, 3.63) is 23.0 Å². The van der Waals surface area contributed by atoms with Crippen molar-refractivity contribution < 1.29 is 14.3 Å². The molecule has 0 fully saturated rings. The van der Waals surface area contributed by atoms with Crippen molar-refractivity contribution in [3.63, 3.8) is 0 Å². The van der Waals surface area contributed by atoms with Gasteiger partial charge in [-0.3, -0.25) is 4.79 Å². The summed E-state index contributed by atoms with van der Waals surface area (Å²) < 4.78 is 6.78. The average Bonchev–Trinajstić information content (AvgIpc) is 2.69. The van der Waals surface area contributed by atoms with E-state index in [1.54, 1.807) is 6.07 Å². The van der Waals surface area contributed by atoms with Gasteiger partial charge in [-0.15, -0.1) is 11.6 Å². The van der Waals surface area contributed by atoms with E-state index in [0.29, 0.717) is 17.9 Å². The summed E-state index contributed by atoms with van der Waals surface area (Å²) in [7, 11) is 1.38. The number of aromatic nitrogens is 1. The quantitative estimate of drug-likeness (QED) is 0.460. The number of carbonyl (C=O) groups is 2. The lowest BCUT2D eigenvalue weighted by atomic mass is 10.0. The van der Waals surface area contributed by atoms with E-state index in [4.69, 9.17) is 16.3 Å². The van der Waals surface area contributed by atoms with Crippen molar-refractivity contribution >= 4 is 23.4 Å². The summed E-state index contributed by atoms with van der Waals surface area (Å²) in [4.78, 5) is 23.9. The molecule has 0 aliphatic heterocycles. The highest BCUT2D eigenvalue weighted by Crippen LogP contribution is 2.26. The second kappa shape index (κ2) is 6.93. The largest absolute Gasteiger partial charge is 0.467 e. The van der Waals surface area contributed by atoms with E-state index < -0.39 is 6.04 Å². The Morgan fingerprint density at radius 1 is 1.35 bits per heavy atom. The number of ether oxygens (including phenoxy) is 1. The van der Waals surface area contributed by atoms with Crippen LogP contribution in [0, 0.1) is 19.8 Å². The molecule has 0 saturated carbocycles. The highest BCUT2D eigenvalue weighted by Gasteiger charge is 2.27. The fraction of sp³-hybridized carbons (Fsp3) is 0.600. The number of alkyl halides is 1. The number of halogens is 1. The predicted molar refractivity (Wildman–Crippen MR) is 79.5 cm³/mol. The topological polar surface area (TPSA) is 48.3 Å². The van der Waals surface area contributed by atoms with Crippen LogP contribution in [0.2, 0.25) is 0 Å². The lowest BCUT2D eigenvalue weighted by Gasteiger charge is -2.22. The Balaban J connectivity index is 3.30. The zero-order chi connectivity index (χ0) is 15.4. The summed E-state index contributed by atoms with van der Waals surface area (Å²) in [5, 5.41) is 0. The molecule has 0 saturated heterocycles. The van der Waals surface area contributed by atoms with Gasteiger partial charge in [0.25, 0.3) is 0 Å². The second-order valence-corrected chi connectivity index (χ2v) is 5.65. The van der Waals surface area contributed by atoms with E-state index in [9.17, 15) is 9.59 Å². The van der Waals surface area contributed by atoms with Crippen LogP contribution >= 0.6 is 11.6 Å². The molecule has 1 heterocycles. The molecule has 0 spiro atoms. The second-order valence-electron chi connectivity index (χ2n) is 5.38. The van der Waals surface area contributed by atoms with Crippen molar-refractivity contribution in [2.45, 2.75) is 40.2 Å². The third-order valence-corrected chi connectivity index (χ3v) is 3.63. The molecule has 4 nitrogen and oxygen atoms in total. The summed E-state index contributed by atoms with van der Waals surface area (Å²) in [5.41, 5.74) is 2.21. The average molecular weight is 300 g/mol. The van der Waals surface area contributed by atoms with Gasteiger partial charge in [0.05, 0.1) is 13.0 Å². The molecular weight excluding hydrogens is 278 g/mol. The Bertz CT molecular complexity index is 505. The number of hydrogen-bond donors (Lipinski definition) is 0. The molecule has 0 amide bonds. The number of aryl methyl sites for hydroxylation is 1. The van der Waals surface area contributed by atoms with Crippen molar-refractivity contribution in [2.75, 3.05) is 13.0 Å². The van der Waals surface area contributed by atoms with Gasteiger partial charge < -0.3 is 9.30 Å². The Morgan fingerprint density at radius 3 is 2.40 bits per heavy atom. The SMILES string of the molecule is COC(=O)C(CC(C)C)n1c(C)cc(C(=O)CCl)c1C. The van der Waals surface area contributed by atoms with Gasteiger partial charge in [0.15, 0.2) is 5.78 Å². The third kappa shape index (κ3) is 3.42. The standard InChI is InChI=1S/C15H22ClNO3/c1-9(2)6-13(15(19)20-5)17-10(3)7-12(11(17)4)14(18)8-16/h7,9,13H,6,8H2,1-5H3. The van der Waals surface area contributed by atoms with Crippen LogP contribution in [0.5, 0.6) is 0 Å². The van der Waals surface area contributed by atoms with Gasteiger partial charge in [0, 0.05) is 17.0 Å². The first-order chi connectivity index (χ1) is 9.33. The van der Waals surface area contributed by atoms with Gasteiger partial charge >= 0.3 is 5.97 Å². The normalized spacial score (nSPS) is 12.6. The van der Waals surface area contributed by atoms with Crippen molar-refractivity contribution in [3.8, 4) is 0 Å². The molecule has 0 N–H and O–H groups in total. The van der Waals surface area contributed by atoms with Crippen LogP contribution in [-0.4, -0.2) is 29.3 Å². The molecule has 1 atom stereocenters. The lowest BCUT2D eigenvalue weighted by Crippen LogP contribution is -2.24. The summed E-state index contributed by atoms with van der Waals surface area (Å²) in [6.45, 7) is 7.82. The molecule has 1 rings (SSSR count). The number of rotatable bonds is 6. The first kappa shape index (κ1) is 16.8. The van der Waals surface area contributed by atoms with Crippen LogP contribution in [0.15, 0.2) is 6.07 Å². The van der Waals surface area contributed by atoms with Crippen molar-refractivity contribution in [1.82, 2.24) is 4.57 Å². The lowest BCUT2D eigenvalue weighted by molar-refractivity contribution is -0.145. The highest BCUT2D eigenvalue weighted by atomic mass is 35.5. The van der Waals surface area contributed by atoms with Gasteiger partial charge in [-0.25, -0.2) is 4.79 Å². The van der Waals surface area contributed by atoms with Crippen molar-refractivity contribution in [2.24, 2.45) is 5.92 Å². The molecule has 0 bridgehead atoms. The van der Waals surface area contributed by atoms with E-state index in [2.05, 4.69) is 13.8 Å². The molecule has 0 aliphatic carbocycles. The summed E-state index contributed by atoms with van der Waals surface area (Å²) >= 11 is 5.62. The first-order valence-electron chi connectivity index (χ1n) is 6.68. The highest BCUT2D eigenvalue weighted by molar-refractivity contribution is 6.30. The smallest absolute Gasteiger partial charge is 0.328 e. The molecule has 0 aliphatic rings. The predicted octanol–water partition coefficient (Wildman–Crippen LogP) is 3.29. The number of nitrogens with zero attached hydrogens (tertiary/aromatic N) is 1. The molecule has 1 unspecified atom stereocenters. The Hall–Kier alpha value is -1.29. The third-order valence-electron chi connectivity index (χ3n) is 3.39. The van der Waals surface area contributed by atoms with Gasteiger partial charge in [-0.05, 0) is 32.3 Å². The first-order valence-corrected chi connectivity index (χ1v) is 7.22. The minimum atomic E-state index is -0.406. The van der Waals surface area contributed by atoms with E-state index >= 15 is 0 Å². The minimum Gasteiger partial charge on any atom is -0.467 e. The molecule has 20 heavy (non-hydrogen) atoms. The van der Waals surface area contributed by atoms with E-state index in [-0.39, 0.29) is 17.6 Å². The maximum atomic E-state index is 12.0. The number of esters is 1. The van der Waals surface area contributed by atoms with Crippen LogP contribution in [-0.2, 0) is 9.53 Å². The number of carbonyl (C=O) groups excluding carboxylic acids is 2.